The normalized spacial score (nSPS) is 16.9. The van der Waals surface area contributed by atoms with E-state index in [1.54, 1.807) is 28.6 Å². The Labute approximate surface area is 202 Å². The van der Waals surface area contributed by atoms with Crippen molar-refractivity contribution in [2.45, 2.75) is 50.2 Å². The van der Waals surface area contributed by atoms with E-state index >= 15 is 0 Å². The third kappa shape index (κ3) is 4.99. The van der Waals surface area contributed by atoms with Crippen molar-refractivity contribution >= 4 is 15.8 Å². The molecule has 0 aromatic heterocycles. The minimum absolute atomic E-state index is 0.0340. The van der Waals surface area contributed by atoms with E-state index in [0.717, 1.165) is 44.5 Å². The first-order chi connectivity index (χ1) is 16.5. The summed E-state index contributed by atoms with van der Waals surface area (Å²) >= 11 is 0. The summed E-state index contributed by atoms with van der Waals surface area (Å²) < 4.78 is 27.2. The Bertz CT molecular complexity index is 1240. The number of sulfonamides is 1. The van der Waals surface area contributed by atoms with E-state index in [9.17, 15) is 13.2 Å². The summed E-state index contributed by atoms with van der Waals surface area (Å²) in [7, 11) is -3.45. The number of carbonyl (C=O) groups is 1. The molecule has 0 aliphatic carbocycles. The lowest BCUT2D eigenvalue weighted by Crippen LogP contribution is -2.35. The maximum atomic E-state index is 12.8. The zero-order valence-corrected chi connectivity index (χ0v) is 20.1. The van der Waals surface area contributed by atoms with E-state index in [2.05, 4.69) is 29.2 Å². The Kier molecular flexibility index (Phi) is 6.63. The molecule has 176 valence electrons. The van der Waals surface area contributed by atoms with Crippen LogP contribution in [0.5, 0.6) is 0 Å². The topological polar surface area (TPSA) is 57.7 Å². The number of piperidine rings is 1. The molecule has 0 amide bonds. The molecule has 2 aliphatic rings. The van der Waals surface area contributed by atoms with Crippen molar-refractivity contribution in [3.05, 3.63) is 101 Å². The van der Waals surface area contributed by atoms with Crippen LogP contribution < -0.4 is 0 Å². The van der Waals surface area contributed by atoms with E-state index in [4.69, 9.17) is 0 Å². The van der Waals surface area contributed by atoms with Crippen molar-refractivity contribution in [1.29, 1.82) is 0 Å². The lowest BCUT2D eigenvalue weighted by atomic mass is 10.0. The summed E-state index contributed by atoms with van der Waals surface area (Å²) in [6.07, 6.45) is 3.16. The van der Waals surface area contributed by atoms with Gasteiger partial charge in [-0.1, -0.05) is 67.1 Å². The van der Waals surface area contributed by atoms with Crippen molar-refractivity contribution in [2.75, 3.05) is 13.1 Å². The summed E-state index contributed by atoms with van der Waals surface area (Å²) in [6, 6.07) is 23.2. The summed E-state index contributed by atoms with van der Waals surface area (Å²) in [5, 5.41) is 0. The predicted molar refractivity (Wildman–Crippen MR) is 133 cm³/mol. The number of ketones is 1. The molecule has 0 N–H and O–H groups in total. The first-order valence-corrected chi connectivity index (χ1v) is 13.4. The predicted octanol–water partition coefficient (Wildman–Crippen LogP) is 4.80. The largest absolute Gasteiger partial charge is 0.294 e. The second-order valence-electron chi connectivity index (χ2n) is 9.32. The minimum Gasteiger partial charge on any atom is -0.294 e. The van der Waals surface area contributed by atoms with Crippen LogP contribution in [0, 0.1) is 0 Å². The molecule has 0 bridgehead atoms. The molecule has 6 heteroatoms. The Morgan fingerprint density at radius 2 is 1.32 bits per heavy atom. The van der Waals surface area contributed by atoms with Gasteiger partial charge < -0.3 is 0 Å². The van der Waals surface area contributed by atoms with Gasteiger partial charge in [-0.3, -0.25) is 9.69 Å². The van der Waals surface area contributed by atoms with E-state index in [1.807, 2.05) is 24.3 Å². The van der Waals surface area contributed by atoms with Crippen molar-refractivity contribution in [3.8, 4) is 0 Å². The lowest BCUT2D eigenvalue weighted by Gasteiger charge is -2.25. The van der Waals surface area contributed by atoms with Gasteiger partial charge in [0.05, 0.1) is 4.90 Å². The van der Waals surface area contributed by atoms with Gasteiger partial charge in [0.2, 0.25) is 10.0 Å². The molecule has 5 nitrogen and oxygen atoms in total. The van der Waals surface area contributed by atoms with E-state index < -0.39 is 10.0 Å². The average molecular weight is 475 g/mol. The standard InChI is InChI=1S/C28H30N2O3S/c31-28(18-22-10-14-27(15-11-22)34(32,33)30-16-4-1-5-17-30)24-12-8-23(9-13-24)19-29-20-25-6-2-3-7-26(25)21-29/h2-3,6-15H,1,4-5,16-21H2. The Balaban J connectivity index is 1.18. The summed E-state index contributed by atoms with van der Waals surface area (Å²) in [6.45, 7) is 3.95. The van der Waals surface area contributed by atoms with Crippen molar-refractivity contribution in [3.63, 3.8) is 0 Å². The fourth-order valence-corrected chi connectivity index (χ4v) is 6.41. The van der Waals surface area contributed by atoms with E-state index in [-0.39, 0.29) is 12.2 Å². The molecule has 0 radical (unpaired) electrons. The molecule has 1 fully saturated rings. The SMILES string of the molecule is O=C(Cc1ccc(S(=O)(=O)N2CCCCC2)cc1)c1ccc(CN2Cc3ccccc3C2)cc1. The van der Waals surface area contributed by atoms with Gasteiger partial charge >= 0.3 is 0 Å². The molecule has 0 spiro atoms. The van der Waals surface area contributed by atoms with Gasteiger partial charge in [-0.25, -0.2) is 8.42 Å². The van der Waals surface area contributed by atoms with Crippen LogP contribution in [0.25, 0.3) is 0 Å². The molecule has 0 atom stereocenters. The van der Waals surface area contributed by atoms with Crippen LogP contribution in [0.2, 0.25) is 0 Å². The zero-order valence-electron chi connectivity index (χ0n) is 19.3. The van der Waals surface area contributed by atoms with Crippen LogP contribution in [0.1, 0.15) is 51.9 Å². The van der Waals surface area contributed by atoms with Crippen molar-refractivity contribution in [2.24, 2.45) is 0 Å². The molecule has 1 saturated heterocycles. The van der Waals surface area contributed by atoms with Crippen LogP contribution in [-0.4, -0.2) is 36.5 Å². The number of rotatable bonds is 7. The number of hydrogen-bond acceptors (Lipinski definition) is 4. The van der Waals surface area contributed by atoms with Crippen LogP contribution in [-0.2, 0) is 36.1 Å². The third-order valence-electron chi connectivity index (χ3n) is 6.83. The quantitative estimate of drug-likeness (QED) is 0.462. The number of Topliss-reactive ketones (excluding diaryl/α,β-unsaturated/α-hetero) is 1. The second-order valence-corrected chi connectivity index (χ2v) is 11.3. The maximum Gasteiger partial charge on any atom is 0.243 e. The van der Waals surface area contributed by atoms with Gasteiger partial charge in [0, 0.05) is 44.7 Å². The van der Waals surface area contributed by atoms with Gasteiger partial charge in [-0.15, -0.1) is 0 Å². The highest BCUT2D eigenvalue weighted by Crippen LogP contribution is 2.24. The number of fused-ring (bicyclic) bond motifs is 1. The highest BCUT2D eigenvalue weighted by molar-refractivity contribution is 7.89. The van der Waals surface area contributed by atoms with Crippen LogP contribution in [0.3, 0.4) is 0 Å². The third-order valence-corrected chi connectivity index (χ3v) is 8.74. The number of nitrogens with zero attached hydrogens (tertiary/aromatic N) is 2. The van der Waals surface area contributed by atoms with E-state index in [0.29, 0.717) is 23.5 Å². The van der Waals surface area contributed by atoms with Gasteiger partial charge in [0.15, 0.2) is 5.78 Å². The molecule has 2 aliphatic heterocycles. The first-order valence-electron chi connectivity index (χ1n) is 12.0. The Morgan fingerprint density at radius 3 is 1.94 bits per heavy atom. The maximum absolute atomic E-state index is 12.8. The van der Waals surface area contributed by atoms with Crippen molar-refractivity contribution in [1.82, 2.24) is 9.21 Å². The fraction of sp³-hybridized carbons (Fsp3) is 0.321. The first kappa shape index (κ1) is 23.0. The second kappa shape index (κ2) is 9.82. The monoisotopic (exact) mass is 474 g/mol. The molecule has 0 saturated carbocycles. The minimum atomic E-state index is -3.45. The average Bonchev–Trinajstić information content (AvgIpc) is 3.27. The smallest absolute Gasteiger partial charge is 0.243 e. The van der Waals surface area contributed by atoms with Crippen LogP contribution in [0.4, 0.5) is 0 Å². The summed E-state index contributed by atoms with van der Waals surface area (Å²) in [4.78, 5) is 15.5. The number of carbonyl (C=O) groups excluding carboxylic acids is 1. The Hall–Kier alpha value is -2.80. The number of benzene rings is 3. The van der Waals surface area contributed by atoms with Gasteiger partial charge in [-0.05, 0) is 47.2 Å². The van der Waals surface area contributed by atoms with Gasteiger partial charge in [-0.2, -0.15) is 4.31 Å². The van der Waals surface area contributed by atoms with Crippen molar-refractivity contribution < 1.29 is 13.2 Å². The molecule has 5 rings (SSSR count). The summed E-state index contributed by atoms with van der Waals surface area (Å²) in [5.74, 6) is 0.0340. The van der Waals surface area contributed by atoms with Crippen LogP contribution in [0.15, 0.2) is 77.7 Å². The zero-order chi connectivity index (χ0) is 23.5. The molecule has 2 heterocycles. The van der Waals surface area contributed by atoms with E-state index in [1.165, 1.54) is 16.7 Å². The molecular weight excluding hydrogens is 444 g/mol. The lowest BCUT2D eigenvalue weighted by molar-refractivity contribution is 0.0993. The van der Waals surface area contributed by atoms with Gasteiger partial charge in [0.25, 0.3) is 0 Å². The molecular formula is C28H30N2O3S. The summed E-state index contributed by atoms with van der Waals surface area (Å²) in [5.41, 5.74) is 5.48. The highest BCUT2D eigenvalue weighted by atomic mass is 32.2. The molecule has 3 aromatic carbocycles. The van der Waals surface area contributed by atoms with Gasteiger partial charge in [0.1, 0.15) is 0 Å². The Morgan fingerprint density at radius 1 is 0.735 bits per heavy atom. The number of hydrogen-bond donors (Lipinski definition) is 0. The molecule has 34 heavy (non-hydrogen) atoms. The molecule has 3 aromatic rings. The molecule has 0 unspecified atom stereocenters. The highest BCUT2D eigenvalue weighted by Gasteiger charge is 2.25. The fourth-order valence-electron chi connectivity index (χ4n) is 4.89. The van der Waals surface area contributed by atoms with Crippen LogP contribution >= 0.6 is 0 Å².